The van der Waals surface area contributed by atoms with Crippen molar-refractivity contribution >= 4 is 16.1 Å². The van der Waals surface area contributed by atoms with Crippen LogP contribution in [0.5, 0.6) is 11.6 Å². The molecule has 170 valence electrons. The Balaban J connectivity index is 2.19. The standard InChI is InChI=1S/C21H19F3N2O5S/c1-13(27)30-16-9-5-8-15(10-16)17-11-19(14-6-3-2-4-7-14)26-20(18(17)12-25)31-32(28,29)21(22,23)24/h5,8-11,14H,2-4,6-7H2,1H3. The number of rotatable bonds is 5. The number of nitriles is 1. The largest absolute Gasteiger partial charge is 0.534 e. The molecule has 0 bridgehead atoms. The second-order valence-electron chi connectivity index (χ2n) is 7.33. The van der Waals surface area contributed by atoms with Gasteiger partial charge in [0.2, 0.25) is 0 Å². The highest BCUT2D eigenvalue weighted by Gasteiger charge is 2.49. The molecule has 1 aliphatic carbocycles. The number of esters is 1. The average Bonchev–Trinajstić information content (AvgIpc) is 2.72. The molecule has 1 fully saturated rings. The van der Waals surface area contributed by atoms with Crippen molar-refractivity contribution < 1.29 is 35.3 Å². The van der Waals surface area contributed by atoms with E-state index in [1.54, 1.807) is 18.2 Å². The third-order valence-electron chi connectivity index (χ3n) is 5.02. The second-order valence-corrected chi connectivity index (χ2v) is 8.86. The highest BCUT2D eigenvalue weighted by atomic mass is 32.2. The number of alkyl halides is 3. The molecule has 0 atom stereocenters. The Hall–Kier alpha value is -3.13. The van der Waals surface area contributed by atoms with Gasteiger partial charge in [0, 0.05) is 24.1 Å². The summed E-state index contributed by atoms with van der Waals surface area (Å²) in [6.45, 7) is 1.20. The van der Waals surface area contributed by atoms with Crippen LogP contribution in [-0.4, -0.2) is 24.9 Å². The maximum absolute atomic E-state index is 12.9. The molecule has 0 N–H and O–H groups in total. The van der Waals surface area contributed by atoms with Gasteiger partial charge >= 0.3 is 21.6 Å². The molecule has 3 rings (SSSR count). The minimum atomic E-state index is -6.04. The number of hydrogen-bond donors (Lipinski definition) is 0. The van der Waals surface area contributed by atoms with Gasteiger partial charge in [-0.2, -0.15) is 26.9 Å². The smallest absolute Gasteiger partial charge is 0.427 e. The molecule has 1 aromatic heterocycles. The molecule has 7 nitrogen and oxygen atoms in total. The average molecular weight is 468 g/mol. The van der Waals surface area contributed by atoms with E-state index in [1.165, 1.54) is 25.1 Å². The summed E-state index contributed by atoms with van der Waals surface area (Å²) in [6.07, 6.45) is 4.23. The van der Waals surface area contributed by atoms with Crippen LogP contribution in [0.15, 0.2) is 30.3 Å². The lowest BCUT2D eigenvalue weighted by Crippen LogP contribution is -2.29. The maximum Gasteiger partial charge on any atom is 0.534 e. The summed E-state index contributed by atoms with van der Waals surface area (Å²) in [5, 5.41) is 9.64. The molecular formula is C21H19F3N2O5S. The van der Waals surface area contributed by atoms with E-state index in [0.29, 0.717) is 11.3 Å². The van der Waals surface area contributed by atoms with Crippen molar-refractivity contribution in [2.24, 2.45) is 0 Å². The Morgan fingerprint density at radius 3 is 2.47 bits per heavy atom. The lowest BCUT2D eigenvalue weighted by molar-refractivity contribution is -0.131. The molecule has 0 spiro atoms. The van der Waals surface area contributed by atoms with Gasteiger partial charge in [0.15, 0.2) is 0 Å². The van der Waals surface area contributed by atoms with Gasteiger partial charge in [-0.05, 0) is 36.6 Å². The number of carbonyl (C=O) groups excluding carboxylic acids is 1. The number of halogens is 3. The predicted molar refractivity (Wildman–Crippen MR) is 107 cm³/mol. The van der Waals surface area contributed by atoms with Crippen LogP contribution in [-0.2, 0) is 14.9 Å². The van der Waals surface area contributed by atoms with E-state index in [2.05, 4.69) is 9.17 Å². The highest BCUT2D eigenvalue weighted by Crippen LogP contribution is 2.39. The van der Waals surface area contributed by atoms with Gasteiger partial charge < -0.3 is 8.92 Å². The zero-order chi connectivity index (χ0) is 23.5. The molecule has 0 radical (unpaired) electrons. The SMILES string of the molecule is CC(=O)Oc1cccc(-c2cc(C3CCCCC3)nc(OS(=O)(=O)C(F)(F)F)c2C#N)c1. The number of carbonyl (C=O) groups is 1. The van der Waals surface area contributed by atoms with Gasteiger partial charge in [-0.25, -0.2) is 4.98 Å². The Morgan fingerprint density at radius 1 is 1.19 bits per heavy atom. The molecule has 0 unspecified atom stereocenters. The van der Waals surface area contributed by atoms with Crippen molar-refractivity contribution in [3.63, 3.8) is 0 Å². The van der Waals surface area contributed by atoms with Crippen molar-refractivity contribution in [1.29, 1.82) is 5.26 Å². The molecule has 2 aromatic rings. The van der Waals surface area contributed by atoms with Crippen LogP contribution in [0.3, 0.4) is 0 Å². The van der Waals surface area contributed by atoms with Gasteiger partial charge in [0.05, 0.1) is 0 Å². The van der Waals surface area contributed by atoms with Crippen molar-refractivity contribution in [1.82, 2.24) is 4.98 Å². The molecule has 1 heterocycles. The fraction of sp³-hybridized carbons (Fsp3) is 0.381. The van der Waals surface area contributed by atoms with Gasteiger partial charge in [-0.3, -0.25) is 4.79 Å². The first-order valence-electron chi connectivity index (χ1n) is 9.76. The Kier molecular flexibility index (Phi) is 6.74. The van der Waals surface area contributed by atoms with Crippen LogP contribution in [0.4, 0.5) is 13.2 Å². The van der Waals surface area contributed by atoms with Crippen LogP contribution in [0.25, 0.3) is 11.1 Å². The minimum Gasteiger partial charge on any atom is -0.427 e. The summed E-state index contributed by atoms with van der Waals surface area (Å²) >= 11 is 0. The molecule has 0 aliphatic heterocycles. The molecule has 1 aliphatic rings. The molecule has 11 heteroatoms. The molecule has 1 aromatic carbocycles. The Bertz CT molecular complexity index is 1170. The van der Waals surface area contributed by atoms with Gasteiger partial charge in [-0.1, -0.05) is 31.4 Å². The van der Waals surface area contributed by atoms with Crippen LogP contribution in [0, 0.1) is 11.3 Å². The molecule has 0 amide bonds. The number of benzene rings is 1. The van der Waals surface area contributed by atoms with E-state index in [-0.39, 0.29) is 17.2 Å². The van der Waals surface area contributed by atoms with Crippen molar-refractivity contribution in [3.8, 4) is 28.8 Å². The quantitative estimate of drug-likeness (QED) is 0.268. The zero-order valence-electron chi connectivity index (χ0n) is 17.0. The number of nitrogens with zero attached hydrogens (tertiary/aromatic N) is 2. The number of pyridine rings is 1. The van der Waals surface area contributed by atoms with Crippen molar-refractivity contribution in [2.75, 3.05) is 0 Å². The van der Waals surface area contributed by atoms with Crippen molar-refractivity contribution in [2.45, 2.75) is 50.5 Å². The fourth-order valence-electron chi connectivity index (χ4n) is 3.59. The fourth-order valence-corrected chi connectivity index (χ4v) is 4.01. The first kappa shape index (κ1) is 23.5. The van der Waals surface area contributed by atoms with E-state index < -0.39 is 33.0 Å². The monoisotopic (exact) mass is 468 g/mol. The van der Waals surface area contributed by atoms with Gasteiger partial charge in [0.1, 0.15) is 17.4 Å². The highest BCUT2D eigenvalue weighted by molar-refractivity contribution is 7.87. The van der Waals surface area contributed by atoms with E-state index >= 15 is 0 Å². The summed E-state index contributed by atoms with van der Waals surface area (Å²) in [7, 11) is -6.04. The van der Waals surface area contributed by atoms with Crippen LogP contribution < -0.4 is 8.92 Å². The van der Waals surface area contributed by atoms with E-state index in [4.69, 9.17) is 4.74 Å². The summed E-state index contributed by atoms with van der Waals surface area (Å²) in [5.74, 6) is -1.48. The van der Waals surface area contributed by atoms with Crippen LogP contribution in [0.2, 0.25) is 0 Å². The Labute approximate surface area is 182 Å². The summed E-state index contributed by atoms with van der Waals surface area (Å²) in [4.78, 5) is 15.3. The maximum atomic E-state index is 12.9. The van der Waals surface area contributed by atoms with E-state index in [1.807, 2.05) is 0 Å². The number of ether oxygens (including phenoxy) is 1. The number of aromatic nitrogens is 1. The van der Waals surface area contributed by atoms with Gasteiger partial charge in [0.25, 0.3) is 5.88 Å². The zero-order valence-corrected chi connectivity index (χ0v) is 17.8. The first-order valence-corrected chi connectivity index (χ1v) is 11.2. The second kappa shape index (κ2) is 9.16. The summed E-state index contributed by atoms with van der Waals surface area (Å²) in [5.41, 5.74) is -5.36. The molecular weight excluding hydrogens is 449 g/mol. The van der Waals surface area contributed by atoms with E-state index in [0.717, 1.165) is 32.1 Å². The van der Waals surface area contributed by atoms with E-state index in [9.17, 15) is 31.6 Å². The third kappa shape index (κ3) is 5.19. The number of hydrogen-bond acceptors (Lipinski definition) is 7. The Morgan fingerprint density at radius 2 is 1.88 bits per heavy atom. The molecule has 0 saturated heterocycles. The van der Waals surface area contributed by atoms with Gasteiger partial charge in [-0.15, -0.1) is 0 Å². The minimum absolute atomic E-state index is 0.122. The normalized spacial score (nSPS) is 15.1. The summed E-state index contributed by atoms with van der Waals surface area (Å²) in [6, 6.07) is 9.24. The third-order valence-corrected chi connectivity index (χ3v) is 5.96. The lowest BCUT2D eigenvalue weighted by Gasteiger charge is -2.23. The predicted octanol–water partition coefficient (Wildman–Crippen LogP) is 4.82. The van der Waals surface area contributed by atoms with Crippen LogP contribution >= 0.6 is 0 Å². The lowest BCUT2D eigenvalue weighted by atomic mass is 9.85. The summed E-state index contributed by atoms with van der Waals surface area (Å²) < 4.78 is 71.4. The van der Waals surface area contributed by atoms with Crippen molar-refractivity contribution in [3.05, 3.63) is 41.6 Å². The molecule has 32 heavy (non-hydrogen) atoms. The molecule has 1 saturated carbocycles. The van der Waals surface area contributed by atoms with Crippen LogP contribution in [0.1, 0.15) is 56.2 Å². The first-order chi connectivity index (χ1) is 15.0. The topological polar surface area (TPSA) is 106 Å².